The minimum atomic E-state index is -1.82. The highest BCUT2D eigenvalue weighted by atomic mass is 35.5. The molecule has 133 heavy (non-hydrogen) atoms. The van der Waals surface area contributed by atoms with Crippen molar-refractivity contribution in [2.24, 2.45) is 16.2 Å². The molecule has 0 atom stereocenters. The Balaban J connectivity index is 0.000000153. The number of methoxy groups -OCH3 is 2. The van der Waals surface area contributed by atoms with Crippen molar-refractivity contribution in [1.29, 1.82) is 0 Å². The number of hydrogen-bond donors (Lipinski definition) is 7. The number of pyridine rings is 3. The van der Waals surface area contributed by atoms with Crippen molar-refractivity contribution in [3.05, 3.63) is 272 Å². The van der Waals surface area contributed by atoms with Crippen molar-refractivity contribution in [1.82, 2.24) is 49.9 Å². The van der Waals surface area contributed by atoms with Crippen LogP contribution in [0.5, 0.6) is 34.5 Å². The Bertz CT molecular complexity index is 6200. The van der Waals surface area contributed by atoms with Gasteiger partial charge >= 0.3 is 29.8 Å². The highest BCUT2D eigenvalue weighted by molar-refractivity contribution is 6.31. The predicted molar refractivity (Wildman–Crippen MR) is 525 cm³/mol. The number of allylic oxidation sites excluding steroid dienone is 3. The first-order valence-corrected chi connectivity index (χ1v) is 45.6. The molecule has 9 heterocycles. The molecule has 6 aliphatic rings. The second-order valence-electron chi connectivity index (χ2n) is 36.3. The molecule has 3 aliphatic heterocycles. The fourth-order valence-electron chi connectivity index (χ4n) is 17.6. The quantitative estimate of drug-likeness (QED) is 0.0275. The summed E-state index contributed by atoms with van der Waals surface area (Å²) in [5.74, 6) is -3.88. The Labute approximate surface area is 794 Å². The summed E-state index contributed by atoms with van der Waals surface area (Å²) in [6.07, 6.45) is 20.7. The summed E-state index contributed by atoms with van der Waals surface area (Å²) in [4.78, 5) is 88.8. The number of halogens is 5. The van der Waals surface area contributed by atoms with Crippen molar-refractivity contribution in [2.75, 3.05) is 122 Å². The molecule has 3 fully saturated rings. The zero-order valence-electron chi connectivity index (χ0n) is 75.9. The molecule has 698 valence electrons. The van der Waals surface area contributed by atoms with E-state index in [-0.39, 0.29) is 29.3 Å². The van der Waals surface area contributed by atoms with Crippen molar-refractivity contribution in [2.45, 2.75) is 99.3 Å². The van der Waals surface area contributed by atoms with Crippen molar-refractivity contribution < 1.29 is 67.4 Å². The molecule has 25 nitrogen and oxygen atoms in total. The third-order valence-electron chi connectivity index (χ3n) is 25.0. The topological polar surface area (TPSA) is 306 Å². The predicted octanol–water partition coefficient (Wildman–Crippen LogP) is 22.1. The van der Waals surface area contributed by atoms with Gasteiger partial charge in [-0.15, -0.1) is 12.4 Å². The number of hydrogen-bond acceptors (Lipinski definition) is 19. The molecule has 0 saturated carbocycles. The minimum absolute atomic E-state index is 0. The number of piperazine rings is 3. The number of carbonyl (C=O) groups is 5. The van der Waals surface area contributed by atoms with Crippen LogP contribution in [0.2, 0.25) is 15.1 Å². The van der Waals surface area contributed by atoms with Gasteiger partial charge in [-0.1, -0.05) is 129 Å². The molecule has 12 aromatic rings. The largest absolute Gasteiger partial charge is 0.478 e. The number of esters is 2. The zero-order chi connectivity index (χ0) is 93.4. The number of aliphatic carboxylic acids is 2. The maximum absolute atomic E-state index is 13.4. The Morgan fingerprint density at radius 1 is 0.406 bits per heavy atom. The molecule has 18 rings (SSSR count). The summed E-state index contributed by atoms with van der Waals surface area (Å²) < 4.78 is 40.9. The fourth-order valence-corrected chi connectivity index (χ4v) is 18.0. The van der Waals surface area contributed by atoms with Gasteiger partial charge < -0.3 is 69.1 Å². The molecule has 0 unspecified atom stereocenters. The van der Waals surface area contributed by atoms with Crippen LogP contribution in [0.4, 0.5) is 15.8 Å². The van der Waals surface area contributed by atoms with Gasteiger partial charge in [0.25, 0.3) is 0 Å². The standard InChI is InChI=1S/C34H37ClN4O3.C33H35ClN4O3.C19H27ClN2.C15H11FN2O3.C2H2O4.ClH/c1-34(2)12-10-25(30(20-34)23-4-6-26(35)7-5-23)22-38-14-16-39(17-15-38)27-8-9-29(33(40)41-3)31(19-27)42-28-18-24-11-13-36-32(24)37-21-28;1-33(2)11-9-24(29(19-33)22-3-5-25(34)6-4-22)21-37-13-15-38(16-14-37)26-7-8-28(32(39)40)30(18-26)41-27-17-23-10-12-35-31(23)36-20-27;1-19(2)8-7-16(14-22-11-9-21-10-12-22)18(13-19)15-3-5-17(20)6-4-15;1-20-15(19)12-3-2-10(16)7-13(12)21-11-6-9-4-5-17-14(9)18-8-11;3-1(4)2(5)6;/h4-9,11,13,18-19,21H,10,12,14-17,20,22H2,1-3H3,(H,36,37);3-8,10,12,17-18,20H,9,11,13-16,19,21H2,1-2H3,(H,35,36)(H,39,40);3-6,21H,7-14H2,1-2H3;2-8H,1H3,(H,17,18);(H,3,4)(H,5,6);1H. The maximum Gasteiger partial charge on any atom is 0.414 e. The van der Waals surface area contributed by atoms with Crippen molar-refractivity contribution in [3.63, 3.8) is 0 Å². The number of carbonyl (C=O) groups excluding carboxylic acids is 2. The number of carboxylic acid groups (broad SMARTS) is 3. The molecule has 0 radical (unpaired) electrons. The van der Waals surface area contributed by atoms with Crippen LogP contribution in [0.15, 0.2) is 218 Å². The average molecular weight is 1890 g/mol. The number of aromatic amines is 3. The Kier molecular flexibility index (Phi) is 33.0. The van der Waals surface area contributed by atoms with E-state index < -0.39 is 35.7 Å². The van der Waals surface area contributed by atoms with Gasteiger partial charge in [0.1, 0.15) is 73.9 Å². The zero-order valence-corrected chi connectivity index (χ0v) is 79.0. The molecule has 6 aromatic heterocycles. The number of ether oxygens (including phenoxy) is 5. The third-order valence-corrected chi connectivity index (χ3v) is 25.7. The lowest BCUT2D eigenvalue weighted by molar-refractivity contribution is -0.159. The molecule has 0 spiro atoms. The van der Waals surface area contributed by atoms with Crippen LogP contribution in [0.25, 0.3) is 49.8 Å². The first-order chi connectivity index (χ1) is 63.4. The third kappa shape index (κ3) is 26.5. The van der Waals surface area contributed by atoms with Gasteiger partial charge in [-0.05, 0) is 217 Å². The number of carboxylic acids is 3. The lowest BCUT2D eigenvalue weighted by atomic mass is 9.72. The van der Waals surface area contributed by atoms with Crippen LogP contribution < -0.4 is 29.3 Å². The summed E-state index contributed by atoms with van der Waals surface area (Å²) in [6.45, 7) is 29.2. The van der Waals surface area contributed by atoms with Gasteiger partial charge in [0, 0.05) is 178 Å². The van der Waals surface area contributed by atoms with E-state index in [0.717, 1.165) is 176 Å². The second-order valence-corrected chi connectivity index (χ2v) is 37.6. The van der Waals surface area contributed by atoms with E-state index in [1.54, 1.807) is 53.5 Å². The molecule has 3 saturated heterocycles. The number of aromatic nitrogens is 6. The summed E-state index contributed by atoms with van der Waals surface area (Å²) >= 11 is 18.4. The first-order valence-electron chi connectivity index (χ1n) is 44.4. The van der Waals surface area contributed by atoms with Crippen molar-refractivity contribution >= 4 is 138 Å². The van der Waals surface area contributed by atoms with E-state index in [2.05, 4.69) is 142 Å². The Hall–Kier alpha value is -12.1. The summed E-state index contributed by atoms with van der Waals surface area (Å²) in [5.41, 5.74) is 19.1. The van der Waals surface area contributed by atoms with E-state index in [1.165, 1.54) is 111 Å². The van der Waals surface area contributed by atoms with Gasteiger partial charge in [-0.3, -0.25) is 14.7 Å². The van der Waals surface area contributed by atoms with Gasteiger partial charge in [0.15, 0.2) is 0 Å². The van der Waals surface area contributed by atoms with Gasteiger partial charge in [-0.2, -0.15) is 0 Å². The number of benzene rings is 6. The van der Waals surface area contributed by atoms with Crippen LogP contribution in [0.1, 0.15) is 147 Å². The number of H-pyrrole nitrogens is 3. The van der Waals surface area contributed by atoms with E-state index in [1.807, 2.05) is 103 Å². The van der Waals surface area contributed by atoms with E-state index >= 15 is 0 Å². The number of rotatable bonds is 20. The van der Waals surface area contributed by atoms with Crippen LogP contribution in [-0.4, -0.2) is 202 Å². The molecular formula is C103H113Cl4FN12O13. The monoisotopic (exact) mass is 1880 g/mol. The SMILES string of the molecule is CC1(C)CCC(CN2CCN(c3ccc(C(=O)O)c(Oc4cnc5[nH]ccc5c4)c3)CC2)=C(c2ccc(Cl)cc2)C1.CC1(C)CCC(CN2CCNCC2)=C(c2ccc(Cl)cc2)C1.COC(=O)c1ccc(F)cc1Oc1cnc2[nH]ccc2c1.COC(=O)c1ccc(N2CCN(CC3=C(c4ccc(Cl)cc4)CC(C)(C)CC3)CC2)cc1Oc1cnc2[nH]ccc2c1.Cl.O=C(O)C(=O)O. The summed E-state index contributed by atoms with van der Waals surface area (Å²) in [7, 11) is 2.64. The second kappa shape index (κ2) is 44.6. The lowest BCUT2D eigenvalue weighted by Crippen LogP contribution is -2.47. The summed E-state index contributed by atoms with van der Waals surface area (Å²) in [5, 5.41) is 33.1. The number of fused-ring (bicyclic) bond motifs is 3. The van der Waals surface area contributed by atoms with Gasteiger partial charge in [-0.25, -0.2) is 43.3 Å². The smallest absolute Gasteiger partial charge is 0.414 e. The van der Waals surface area contributed by atoms with Crippen LogP contribution in [-0.2, 0) is 19.1 Å². The van der Waals surface area contributed by atoms with E-state index in [0.29, 0.717) is 50.6 Å². The molecule has 0 amide bonds. The number of anilines is 2. The highest BCUT2D eigenvalue weighted by Gasteiger charge is 2.34. The highest BCUT2D eigenvalue weighted by Crippen LogP contribution is 2.48. The van der Waals surface area contributed by atoms with E-state index in [4.69, 9.17) is 73.6 Å². The number of nitrogens with one attached hydrogen (secondary N) is 4. The van der Waals surface area contributed by atoms with Gasteiger partial charge in [0.05, 0.1) is 32.8 Å². The molecule has 7 N–H and O–H groups in total. The van der Waals surface area contributed by atoms with Crippen LogP contribution >= 0.6 is 47.2 Å². The fraction of sp³-hybridized carbons (Fsp3) is 0.340. The normalized spacial score (nSPS) is 16.8. The summed E-state index contributed by atoms with van der Waals surface area (Å²) in [6, 6.07) is 50.9. The Morgan fingerprint density at radius 2 is 0.722 bits per heavy atom. The molecule has 30 heteroatoms. The Morgan fingerprint density at radius 3 is 1.05 bits per heavy atom. The van der Waals surface area contributed by atoms with Gasteiger partial charge in [0.2, 0.25) is 0 Å². The first kappa shape index (κ1) is 98.4. The molecule has 0 bridgehead atoms. The van der Waals surface area contributed by atoms with Crippen LogP contribution in [0.3, 0.4) is 0 Å². The molecule has 6 aromatic carbocycles. The lowest BCUT2D eigenvalue weighted by Gasteiger charge is -2.39. The van der Waals surface area contributed by atoms with Crippen molar-refractivity contribution in [3.8, 4) is 34.5 Å². The average Bonchev–Trinajstić information content (AvgIpc) is 1.66. The van der Waals surface area contributed by atoms with Crippen LogP contribution in [0, 0.1) is 22.1 Å². The molecule has 3 aliphatic carbocycles. The maximum atomic E-state index is 13.4. The number of nitrogens with zero attached hydrogens (tertiary/aromatic N) is 8. The molecular weight excluding hydrogens is 1770 g/mol. The van der Waals surface area contributed by atoms with E-state index in [9.17, 15) is 23.9 Å². The minimum Gasteiger partial charge on any atom is -0.478 e. The number of aromatic carboxylic acids is 1.